The van der Waals surface area contributed by atoms with Crippen molar-refractivity contribution in [3.8, 4) is 5.75 Å². The Morgan fingerprint density at radius 1 is 1.32 bits per heavy atom. The molecule has 0 radical (unpaired) electrons. The van der Waals surface area contributed by atoms with Crippen LogP contribution in [0.3, 0.4) is 0 Å². The monoisotopic (exact) mass is 266 g/mol. The first-order valence-electron chi connectivity index (χ1n) is 5.81. The minimum Gasteiger partial charge on any atom is -0.482 e. The van der Waals surface area contributed by atoms with E-state index in [2.05, 4.69) is 5.32 Å². The lowest BCUT2D eigenvalue weighted by Gasteiger charge is -2.21. The molecule has 0 unspecified atom stereocenters. The summed E-state index contributed by atoms with van der Waals surface area (Å²) in [6.07, 6.45) is 0. The van der Waals surface area contributed by atoms with Gasteiger partial charge >= 0.3 is 5.97 Å². The summed E-state index contributed by atoms with van der Waals surface area (Å²) in [5.74, 6) is -0.783. The van der Waals surface area contributed by atoms with Crippen LogP contribution >= 0.6 is 0 Å². The minimum atomic E-state index is -1.04. The van der Waals surface area contributed by atoms with Crippen molar-refractivity contribution >= 4 is 17.6 Å². The molecule has 0 saturated heterocycles. The average molecular weight is 266 g/mol. The van der Waals surface area contributed by atoms with Crippen LogP contribution in [0.2, 0.25) is 0 Å². The van der Waals surface area contributed by atoms with Crippen LogP contribution in [-0.4, -0.2) is 30.1 Å². The number of anilines is 1. The number of benzene rings is 1. The number of amides is 1. The number of nitrogens with two attached hydrogens (primary N) is 1. The highest BCUT2D eigenvalue weighted by atomic mass is 16.5. The summed E-state index contributed by atoms with van der Waals surface area (Å²) in [6, 6.07) is 6.46. The van der Waals surface area contributed by atoms with Gasteiger partial charge in [-0.05, 0) is 38.1 Å². The molecule has 1 rings (SSSR count). The third-order valence-electron chi connectivity index (χ3n) is 2.60. The molecule has 0 aliphatic carbocycles. The third kappa shape index (κ3) is 4.59. The molecule has 0 spiro atoms. The van der Waals surface area contributed by atoms with Gasteiger partial charge in [-0.1, -0.05) is 0 Å². The van der Waals surface area contributed by atoms with E-state index >= 15 is 0 Å². The number of carboxylic acid groups (broad SMARTS) is 1. The minimum absolute atomic E-state index is 0.172. The summed E-state index contributed by atoms with van der Waals surface area (Å²) < 4.78 is 4.98. The Balaban J connectivity index is 2.62. The van der Waals surface area contributed by atoms with Gasteiger partial charge in [-0.2, -0.15) is 0 Å². The fraction of sp³-hybridized carbons (Fsp3) is 0.385. The van der Waals surface area contributed by atoms with E-state index in [9.17, 15) is 9.59 Å². The van der Waals surface area contributed by atoms with E-state index in [-0.39, 0.29) is 12.5 Å². The van der Waals surface area contributed by atoms with Gasteiger partial charge in [0.1, 0.15) is 5.75 Å². The van der Waals surface area contributed by atoms with Gasteiger partial charge in [0, 0.05) is 12.2 Å². The molecule has 0 fully saturated rings. The Bertz CT molecular complexity index is 454. The fourth-order valence-electron chi connectivity index (χ4n) is 1.17. The molecule has 1 aromatic carbocycles. The van der Waals surface area contributed by atoms with E-state index < -0.39 is 18.0 Å². The second kappa shape index (κ2) is 6.19. The lowest BCUT2D eigenvalue weighted by molar-refractivity contribution is -0.139. The van der Waals surface area contributed by atoms with Gasteiger partial charge in [0.25, 0.3) is 0 Å². The third-order valence-corrected chi connectivity index (χ3v) is 2.60. The second-order valence-corrected chi connectivity index (χ2v) is 4.75. The molecular formula is C13H18N2O4. The molecule has 0 aliphatic heterocycles. The van der Waals surface area contributed by atoms with Gasteiger partial charge in [-0.25, -0.2) is 4.79 Å². The molecule has 1 aromatic rings. The van der Waals surface area contributed by atoms with Crippen LogP contribution in [0, 0.1) is 5.41 Å². The normalized spacial score (nSPS) is 10.9. The van der Waals surface area contributed by atoms with E-state index in [0.717, 1.165) is 0 Å². The molecule has 6 nitrogen and oxygen atoms in total. The van der Waals surface area contributed by atoms with Crippen molar-refractivity contribution in [2.24, 2.45) is 11.1 Å². The van der Waals surface area contributed by atoms with Crippen LogP contribution < -0.4 is 15.8 Å². The Morgan fingerprint density at radius 2 is 1.89 bits per heavy atom. The van der Waals surface area contributed by atoms with E-state index in [1.165, 1.54) is 0 Å². The van der Waals surface area contributed by atoms with Crippen LogP contribution in [0.4, 0.5) is 5.69 Å². The van der Waals surface area contributed by atoms with E-state index in [0.29, 0.717) is 11.4 Å². The zero-order chi connectivity index (χ0) is 14.5. The molecule has 0 heterocycles. The molecule has 19 heavy (non-hydrogen) atoms. The maximum absolute atomic E-state index is 11.9. The van der Waals surface area contributed by atoms with Crippen molar-refractivity contribution in [3.05, 3.63) is 24.3 Å². The largest absolute Gasteiger partial charge is 0.482 e. The Kier molecular flexibility index (Phi) is 4.88. The molecule has 104 valence electrons. The fourth-order valence-corrected chi connectivity index (χ4v) is 1.17. The smallest absolute Gasteiger partial charge is 0.341 e. The number of nitrogens with one attached hydrogen (secondary N) is 1. The van der Waals surface area contributed by atoms with Gasteiger partial charge in [0.2, 0.25) is 5.91 Å². The lowest BCUT2D eigenvalue weighted by atomic mass is 9.92. The van der Waals surface area contributed by atoms with Crippen LogP contribution in [0.25, 0.3) is 0 Å². The van der Waals surface area contributed by atoms with Gasteiger partial charge < -0.3 is 20.9 Å². The summed E-state index contributed by atoms with van der Waals surface area (Å²) in [7, 11) is 0. The van der Waals surface area contributed by atoms with Crippen molar-refractivity contribution in [1.82, 2.24) is 0 Å². The number of rotatable bonds is 6. The topological polar surface area (TPSA) is 102 Å². The van der Waals surface area contributed by atoms with Crippen molar-refractivity contribution < 1.29 is 19.4 Å². The molecule has 1 amide bonds. The summed E-state index contributed by atoms with van der Waals surface area (Å²) in [5, 5.41) is 11.2. The van der Waals surface area contributed by atoms with Crippen LogP contribution in [0.5, 0.6) is 5.75 Å². The maximum atomic E-state index is 11.9. The van der Waals surface area contributed by atoms with E-state index in [1.807, 2.05) is 0 Å². The summed E-state index contributed by atoms with van der Waals surface area (Å²) >= 11 is 0. The second-order valence-electron chi connectivity index (χ2n) is 4.75. The van der Waals surface area contributed by atoms with Crippen LogP contribution in [-0.2, 0) is 9.59 Å². The lowest BCUT2D eigenvalue weighted by Crippen LogP contribution is -2.37. The number of carbonyl (C=O) groups is 2. The van der Waals surface area contributed by atoms with Crippen molar-refractivity contribution in [3.63, 3.8) is 0 Å². The Labute approximate surface area is 111 Å². The number of carbonyl (C=O) groups excluding carboxylic acids is 1. The first-order chi connectivity index (χ1) is 8.85. The zero-order valence-corrected chi connectivity index (χ0v) is 11.0. The first kappa shape index (κ1) is 15.0. The van der Waals surface area contributed by atoms with Crippen LogP contribution in [0.1, 0.15) is 13.8 Å². The molecule has 0 bridgehead atoms. The SMILES string of the molecule is CC(C)(CN)C(=O)Nc1ccc(OCC(=O)O)cc1. The highest BCUT2D eigenvalue weighted by Crippen LogP contribution is 2.19. The van der Waals surface area contributed by atoms with Gasteiger partial charge in [-0.3, -0.25) is 4.79 Å². The first-order valence-corrected chi connectivity index (χ1v) is 5.81. The standard InChI is InChI=1S/C13H18N2O4/c1-13(2,8-14)12(18)15-9-3-5-10(6-4-9)19-7-11(16)17/h3-6H,7-8,14H2,1-2H3,(H,15,18)(H,16,17). The highest BCUT2D eigenvalue weighted by Gasteiger charge is 2.25. The van der Waals surface area contributed by atoms with Gasteiger partial charge in [-0.15, -0.1) is 0 Å². The number of hydrogen-bond acceptors (Lipinski definition) is 4. The highest BCUT2D eigenvalue weighted by molar-refractivity contribution is 5.95. The molecule has 6 heteroatoms. The zero-order valence-electron chi connectivity index (χ0n) is 11.0. The number of ether oxygens (including phenoxy) is 1. The molecule has 0 aromatic heterocycles. The van der Waals surface area contributed by atoms with E-state index in [1.54, 1.807) is 38.1 Å². The molecule has 0 saturated carbocycles. The van der Waals surface area contributed by atoms with Crippen molar-refractivity contribution in [2.75, 3.05) is 18.5 Å². The Hall–Kier alpha value is -2.08. The molecular weight excluding hydrogens is 248 g/mol. The quantitative estimate of drug-likeness (QED) is 0.715. The molecule has 0 aliphatic rings. The molecule has 4 N–H and O–H groups in total. The van der Waals surface area contributed by atoms with Crippen molar-refractivity contribution in [1.29, 1.82) is 0 Å². The van der Waals surface area contributed by atoms with Gasteiger partial charge in [0.15, 0.2) is 6.61 Å². The Morgan fingerprint density at radius 3 is 2.37 bits per heavy atom. The summed E-state index contributed by atoms with van der Waals surface area (Å²) in [5.41, 5.74) is 5.48. The van der Waals surface area contributed by atoms with Crippen LogP contribution in [0.15, 0.2) is 24.3 Å². The number of hydrogen-bond donors (Lipinski definition) is 3. The number of carboxylic acids is 1. The maximum Gasteiger partial charge on any atom is 0.341 e. The summed E-state index contributed by atoms with van der Waals surface area (Å²) in [6.45, 7) is 3.36. The average Bonchev–Trinajstić information content (AvgIpc) is 2.37. The summed E-state index contributed by atoms with van der Waals surface area (Å²) in [4.78, 5) is 22.2. The number of aliphatic carboxylic acids is 1. The van der Waals surface area contributed by atoms with E-state index in [4.69, 9.17) is 15.6 Å². The van der Waals surface area contributed by atoms with Crippen molar-refractivity contribution in [2.45, 2.75) is 13.8 Å². The predicted octanol–water partition coefficient (Wildman–Crippen LogP) is 1.07. The molecule has 0 atom stereocenters. The van der Waals surface area contributed by atoms with Gasteiger partial charge in [0.05, 0.1) is 5.41 Å². The predicted molar refractivity (Wildman–Crippen MR) is 71.0 cm³/mol.